The highest BCUT2D eigenvalue weighted by atomic mass is 32.1. The van der Waals surface area contributed by atoms with Gasteiger partial charge in [-0.05, 0) is 149 Å². The number of para-hydroxylation sites is 4. The van der Waals surface area contributed by atoms with Crippen LogP contribution in [0.2, 0.25) is 0 Å². The van der Waals surface area contributed by atoms with Gasteiger partial charge in [-0.25, -0.2) is 34.9 Å². The predicted octanol–water partition coefficient (Wildman–Crippen LogP) is 31.3. The summed E-state index contributed by atoms with van der Waals surface area (Å²) in [6, 6.07) is 157. The summed E-state index contributed by atoms with van der Waals surface area (Å²) in [4.78, 5) is 34.8. The van der Waals surface area contributed by atoms with Crippen molar-refractivity contribution in [3.05, 3.63) is 466 Å². The van der Waals surface area contributed by atoms with Gasteiger partial charge in [-0.15, -0.1) is 11.3 Å². The summed E-state index contributed by atoms with van der Waals surface area (Å²) >= 11 is 1.87. The first kappa shape index (κ1) is 76.9. The SMILES string of the molecule is c1ccc(-c2cc(-c3cccc(-n4c5ccccc5c5cc6sc7ccccc7c6cc54)c3)nc(-c3ccccc3)n2)cc1.c1ccc(-c2cc(-c3cccc(C4c5ccccc5-c5cc6oc7ccccc7c6cc54)c3)nc(-c3ccccc3)n2)cc1.c1ccc(-c2nc(-c3ccccc3)nc(-c3ccc(-n4c5ccccc5c5cc6oc7ccccc7c6cc54)cc3)n2)cc1. The van der Waals surface area contributed by atoms with Gasteiger partial charge in [0.2, 0.25) is 0 Å². The Morgan fingerprint density at radius 2 is 0.591 bits per heavy atom. The van der Waals surface area contributed by atoms with Crippen molar-refractivity contribution in [1.29, 1.82) is 0 Å². The van der Waals surface area contributed by atoms with Crippen molar-refractivity contribution in [3.8, 4) is 124 Å². The first-order valence-electron chi connectivity index (χ1n) is 44.3. The van der Waals surface area contributed by atoms with Crippen LogP contribution in [0.15, 0.2) is 458 Å². The standard InChI is InChI=1S/C41H26N2O.C40H25N3S.C39H24N4O/c1-3-12-26(13-4-1)36-25-37(43-41(42-36)27-14-5-2-6-15-27)28-16-11-17-29(22-28)40-32-20-8-7-18-30(32)33-24-39-34(23-35(33)40)31-19-9-10-21-38(31)44-39;1-3-12-26(13-4-1)34-25-35(42-40(41-34)27-14-5-2-6-15-27)28-16-11-17-29(22-28)43-36-20-9-7-18-30(36)32-24-39-33(23-37(32)43)31-19-8-10-21-38(31)44-39;1-3-11-25(12-4-1)37-40-38(26-13-5-2-6-14-26)42-39(41-37)27-19-21-28(22-20-27)43-33-17-9-7-15-29(33)31-24-36-32(23-34(31)43)30-16-8-10-18-35(30)44-36/h1-25,40H;1-25H;1-24H. The molecule has 11 nitrogen and oxygen atoms in total. The highest BCUT2D eigenvalue weighted by Crippen LogP contribution is 2.52. The third kappa shape index (κ3) is 13.8. The summed E-state index contributed by atoms with van der Waals surface area (Å²) in [5.41, 5.74) is 29.5. The largest absolute Gasteiger partial charge is 0.456 e. The molecule has 1 aliphatic rings. The summed E-state index contributed by atoms with van der Waals surface area (Å²) in [5, 5.41) is 12.0. The molecule has 0 radical (unpaired) electrons. The lowest BCUT2D eigenvalue weighted by Gasteiger charge is -2.16. The molecule has 8 aromatic heterocycles. The van der Waals surface area contributed by atoms with E-state index in [-0.39, 0.29) is 5.92 Å². The second-order valence-corrected chi connectivity index (χ2v) is 34.4. The average molecular weight is 1710 g/mol. The van der Waals surface area contributed by atoms with E-state index in [0.717, 1.165) is 156 Å². The molecule has 0 bridgehead atoms. The number of hydrogen-bond donors (Lipinski definition) is 0. The van der Waals surface area contributed by atoms with Gasteiger partial charge in [-0.2, -0.15) is 0 Å². The van der Waals surface area contributed by atoms with Crippen LogP contribution in [0.4, 0.5) is 0 Å². The molecule has 0 saturated carbocycles. The van der Waals surface area contributed by atoms with Crippen LogP contribution >= 0.6 is 11.3 Å². The van der Waals surface area contributed by atoms with Crippen molar-refractivity contribution < 1.29 is 8.83 Å². The van der Waals surface area contributed by atoms with Gasteiger partial charge in [0, 0.05) is 131 Å². The fourth-order valence-corrected chi connectivity index (χ4v) is 20.4. The van der Waals surface area contributed by atoms with Crippen LogP contribution in [0.3, 0.4) is 0 Å². The predicted molar refractivity (Wildman–Crippen MR) is 542 cm³/mol. The first-order chi connectivity index (χ1) is 65.4. The average Bonchev–Trinajstić information content (AvgIpc) is 1.59. The van der Waals surface area contributed by atoms with Crippen molar-refractivity contribution in [2.24, 2.45) is 0 Å². The molecule has 12 heteroatoms. The number of thiophene rings is 1. The van der Waals surface area contributed by atoms with Crippen LogP contribution < -0.4 is 0 Å². The summed E-state index contributed by atoms with van der Waals surface area (Å²) in [5.74, 6) is 3.48. The van der Waals surface area contributed by atoms with Gasteiger partial charge in [-0.3, -0.25) is 0 Å². The molecule has 8 heterocycles. The van der Waals surface area contributed by atoms with Gasteiger partial charge < -0.3 is 18.0 Å². The minimum Gasteiger partial charge on any atom is -0.456 e. The summed E-state index contributed by atoms with van der Waals surface area (Å²) in [6.45, 7) is 0. The lowest BCUT2D eigenvalue weighted by Crippen LogP contribution is -2.00. The molecule has 0 saturated heterocycles. The summed E-state index contributed by atoms with van der Waals surface area (Å²) < 4.78 is 19.9. The number of furan rings is 2. The van der Waals surface area contributed by atoms with E-state index < -0.39 is 0 Å². The molecule has 0 spiro atoms. The van der Waals surface area contributed by atoms with Gasteiger partial charge in [-0.1, -0.05) is 328 Å². The number of fused-ring (bicyclic) bond motifs is 18. The third-order valence-electron chi connectivity index (χ3n) is 25.4. The quantitative estimate of drug-likeness (QED) is 0.117. The molecule has 27 rings (SSSR count). The summed E-state index contributed by atoms with van der Waals surface area (Å²) in [7, 11) is 0. The van der Waals surface area contributed by atoms with Crippen LogP contribution in [0, 0.1) is 0 Å². The summed E-state index contributed by atoms with van der Waals surface area (Å²) in [6.07, 6.45) is 0. The maximum atomic E-state index is 6.29. The Morgan fingerprint density at radius 1 is 0.197 bits per heavy atom. The molecule has 1 aliphatic carbocycles. The van der Waals surface area contributed by atoms with Gasteiger partial charge in [0.05, 0.1) is 44.8 Å². The molecule has 132 heavy (non-hydrogen) atoms. The van der Waals surface area contributed by atoms with Crippen molar-refractivity contribution in [1.82, 2.24) is 44.0 Å². The van der Waals surface area contributed by atoms with Crippen LogP contribution in [-0.4, -0.2) is 44.0 Å². The first-order valence-corrected chi connectivity index (χ1v) is 45.1. The van der Waals surface area contributed by atoms with Gasteiger partial charge in [0.1, 0.15) is 22.3 Å². The Morgan fingerprint density at radius 3 is 1.14 bits per heavy atom. The van der Waals surface area contributed by atoms with E-state index in [1.807, 2.05) is 145 Å². The van der Waals surface area contributed by atoms with E-state index in [1.165, 1.54) is 75.2 Å². The Kier molecular flexibility index (Phi) is 18.9. The van der Waals surface area contributed by atoms with Crippen LogP contribution in [0.25, 0.3) is 232 Å². The molecule has 18 aromatic carbocycles. The molecule has 618 valence electrons. The van der Waals surface area contributed by atoms with Crippen LogP contribution in [0.5, 0.6) is 0 Å². The van der Waals surface area contributed by atoms with E-state index in [2.05, 4.69) is 325 Å². The molecule has 0 fully saturated rings. The van der Waals surface area contributed by atoms with E-state index in [9.17, 15) is 0 Å². The Bertz CT molecular complexity index is 8790. The molecule has 0 amide bonds. The number of benzene rings is 18. The Hall–Kier alpha value is -17.5. The van der Waals surface area contributed by atoms with Crippen LogP contribution in [-0.2, 0) is 0 Å². The molecule has 1 unspecified atom stereocenters. The highest BCUT2D eigenvalue weighted by Gasteiger charge is 2.32. The number of aromatic nitrogens is 9. The molecule has 0 N–H and O–H groups in total. The fraction of sp³-hybridized carbons (Fsp3) is 0.00833. The second kappa shape index (κ2) is 32.4. The van der Waals surface area contributed by atoms with E-state index in [4.69, 9.17) is 43.7 Å². The number of nitrogens with zero attached hydrogens (tertiary/aromatic N) is 9. The van der Waals surface area contributed by atoms with Gasteiger partial charge in [0.25, 0.3) is 0 Å². The molecule has 26 aromatic rings. The Balaban J connectivity index is 0.000000106. The topological polar surface area (TPSA) is 126 Å². The van der Waals surface area contributed by atoms with Crippen molar-refractivity contribution in [3.63, 3.8) is 0 Å². The van der Waals surface area contributed by atoms with Crippen molar-refractivity contribution in [2.45, 2.75) is 5.92 Å². The van der Waals surface area contributed by atoms with E-state index in [0.29, 0.717) is 17.5 Å². The third-order valence-corrected chi connectivity index (χ3v) is 26.6. The number of hydrogen-bond acceptors (Lipinski definition) is 10. The van der Waals surface area contributed by atoms with E-state index >= 15 is 0 Å². The molecular weight excluding hydrogens is 1630 g/mol. The zero-order chi connectivity index (χ0) is 87.1. The monoisotopic (exact) mass is 1710 g/mol. The van der Waals surface area contributed by atoms with Gasteiger partial charge in [0.15, 0.2) is 29.1 Å². The highest BCUT2D eigenvalue weighted by molar-refractivity contribution is 7.25. The lowest BCUT2D eigenvalue weighted by molar-refractivity contribution is 0.669. The fourth-order valence-electron chi connectivity index (χ4n) is 19.2. The van der Waals surface area contributed by atoms with E-state index in [1.54, 1.807) is 0 Å². The lowest BCUT2D eigenvalue weighted by atomic mass is 9.87. The zero-order valence-electron chi connectivity index (χ0n) is 71.1. The normalized spacial score (nSPS) is 12.3. The minimum absolute atomic E-state index is 0.100. The van der Waals surface area contributed by atoms with Gasteiger partial charge >= 0.3 is 0 Å². The molecule has 0 aliphatic heterocycles. The number of rotatable bonds is 12. The smallest absolute Gasteiger partial charge is 0.164 e. The molecular formula is C120H75N9O2S. The minimum atomic E-state index is 0.100. The second-order valence-electron chi connectivity index (χ2n) is 33.3. The molecule has 1 atom stereocenters. The Labute approximate surface area is 762 Å². The maximum absolute atomic E-state index is 6.29. The van der Waals surface area contributed by atoms with Crippen LogP contribution in [0.1, 0.15) is 22.6 Å². The zero-order valence-corrected chi connectivity index (χ0v) is 71.9. The van der Waals surface area contributed by atoms with Crippen molar-refractivity contribution in [2.75, 3.05) is 0 Å². The van der Waals surface area contributed by atoms with Crippen molar-refractivity contribution >= 4 is 119 Å². The maximum Gasteiger partial charge on any atom is 0.164 e.